The van der Waals surface area contributed by atoms with Crippen LogP contribution in [0.2, 0.25) is 0 Å². The standard InChI is InChI=1S/C13H22N2O3/c1-9(6-12(16)17)7-14-13(18)15(11-4-5-11)8-10-2-3-10/h9-11H,2-8H2,1H3,(H,14,18)(H,16,17). The van der Waals surface area contributed by atoms with Crippen molar-refractivity contribution in [1.82, 2.24) is 10.2 Å². The van der Waals surface area contributed by atoms with Gasteiger partial charge < -0.3 is 15.3 Å². The number of urea groups is 1. The van der Waals surface area contributed by atoms with Crippen LogP contribution < -0.4 is 5.32 Å². The molecule has 5 nitrogen and oxygen atoms in total. The van der Waals surface area contributed by atoms with Gasteiger partial charge in [-0.1, -0.05) is 6.92 Å². The normalized spacial score (nSPS) is 20.3. The lowest BCUT2D eigenvalue weighted by Gasteiger charge is -2.23. The lowest BCUT2D eigenvalue weighted by atomic mass is 10.1. The lowest BCUT2D eigenvalue weighted by molar-refractivity contribution is -0.137. The first-order chi connectivity index (χ1) is 8.56. The minimum atomic E-state index is -0.811. The first kappa shape index (κ1) is 13.2. The number of aliphatic carboxylic acids is 1. The Morgan fingerprint density at radius 1 is 1.33 bits per heavy atom. The Kier molecular flexibility index (Phi) is 4.09. The molecule has 2 aliphatic carbocycles. The topological polar surface area (TPSA) is 69.6 Å². The van der Waals surface area contributed by atoms with Crippen LogP contribution in [0.3, 0.4) is 0 Å². The number of rotatable bonds is 7. The van der Waals surface area contributed by atoms with Gasteiger partial charge in [0.15, 0.2) is 0 Å². The van der Waals surface area contributed by atoms with E-state index in [2.05, 4.69) is 5.32 Å². The zero-order chi connectivity index (χ0) is 13.1. The second-order valence-electron chi connectivity index (χ2n) is 5.72. The van der Waals surface area contributed by atoms with Crippen molar-refractivity contribution in [3.05, 3.63) is 0 Å². The molecule has 0 aliphatic heterocycles. The summed E-state index contributed by atoms with van der Waals surface area (Å²) in [5, 5.41) is 11.5. The number of hydrogen-bond donors (Lipinski definition) is 2. The number of carboxylic acids is 1. The molecule has 0 heterocycles. The monoisotopic (exact) mass is 254 g/mol. The van der Waals surface area contributed by atoms with Crippen molar-refractivity contribution in [3.8, 4) is 0 Å². The van der Waals surface area contributed by atoms with Gasteiger partial charge in [-0.3, -0.25) is 4.79 Å². The Bertz CT molecular complexity index is 324. The molecule has 2 aliphatic rings. The highest BCUT2D eigenvalue weighted by Crippen LogP contribution is 2.34. The maximum atomic E-state index is 12.0. The van der Waals surface area contributed by atoms with E-state index in [4.69, 9.17) is 5.11 Å². The first-order valence-corrected chi connectivity index (χ1v) is 6.82. The molecule has 0 aromatic carbocycles. The van der Waals surface area contributed by atoms with E-state index in [1.807, 2.05) is 11.8 Å². The van der Waals surface area contributed by atoms with Gasteiger partial charge in [-0.05, 0) is 37.5 Å². The van der Waals surface area contributed by atoms with Gasteiger partial charge in [0.1, 0.15) is 0 Å². The fraction of sp³-hybridized carbons (Fsp3) is 0.846. The minimum Gasteiger partial charge on any atom is -0.481 e. The maximum absolute atomic E-state index is 12.0. The van der Waals surface area contributed by atoms with E-state index in [1.165, 1.54) is 12.8 Å². The van der Waals surface area contributed by atoms with Gasteiger partial charge in [-0.2, -0.15) is 0 Å². The van der Waals surface area contributed by atoms with Gasteiger partial charge in [0.25, 0.3) is 0 Å². The predicted octanol–water partition coefficient (Wildman–Crippen LogP) is 1.68. The molecular weight excluding hydrogens is 232 g/mol. The van der Waals surface area contributed by atoms with Gasteiger partial charge in [0.05, 0.1) is 0 Å². The molecule has 0 radical (unpaired) electrons. The Morgan fingerprint density at radius 3 is 2.50 bits per heavy atom. The number of nitrogens with one attached hydrogen (secondary N) is 1. The first-order valence-electron chi connectivity index (χ1n) is 6.82. The molecule has 1 unspecified atom stereocenters. The Hall–Kier alpha value is -1.26. The highest BCUT2D eigenvalue weighted by molar-refractivity contribution is 5.75. The molecule has 2 amide bonds. The van der Waals surface area contributed by atoms with Crippen LogP contribution in [0.4, 0.5) is 4.79 Å². The second kappa shape index (κ2) is 5.59. The molecule has 5 heteroatoms. The number of carboxylic acid groups (broad SMARTS) is 1. The van der Waals surface area contributed by atoms with Crippen LogP contribution in [0.1, 0.15) is 39.0 Å². The SMILES string of the molecule is CC(CNC(=O)N(CC1CC1)C1CC1)CC(=O)O. The third kappa shape index (κ3) is 4.20. The highest BCUT2D eigenvalue weighted by atomic mass is 16.4. The van der Waals surface area contributed by atoms with Crippen molar-refractivity contribution in [3.63, 3.8) is 0 Å². The van der Waals surface area contributed by atoms with Crippen molar-refractivity contribution in [1.29, 1.82) is 0 Å². The molecule has 0 aromatic rings. The predicted molar refractivity (Wildman–Crippen MR) is 67.3 cm³/mol. The van der Waals surface area contributed by atoms with E-state index in [1.54, 1.807) is 0 Å². The fourth-order valence-electron chi connectivity index (χ4n) is 2.10. The Balaban J connectivity index is 1.72. The summed E-state index contributed by atoms with van der Waals surface area (Å²) in [5.74, 6) is -0.130. The second-order valence-corrected chi connectivity index (χ2v) is 5.72. The van der Waals surface area contributed by atoms with E-state index >= 15 is 0 Å². The van der Waals surface area contributed by atoms with Crippen LogP contribution in [0.15, 0.2) is 0 Å². The molecule has 0 bridgehead atoms. The number of carbonyl (C=O) groups is 2. The average molecular weight is 254 g/mol. The Labute approximate surface area is 108 Å². The summed E-state index contributed by atoms with van der Waals surface area (Å²) in [4.78, 5) is 24.5. The van der Waals surface area contributed by atoms with Crippen molar-refractivity contribution in [2.24, 2.45) is 11.8 Å². The lowest BCUT2D eigenvalue weighted by Crippen LogP contribution is -2.44. The molecule has 2 fully saturated rings. The highest BCUT2D eigenvalue weighted by Gasteiger charge is 2.36. The fourth-order valence-corrected chi connectivity index (χ4v) is 2.10. The molecular formula is C13H22N2O3. The van der Waals surface area contributed by atoms with Crippen LogP contribution in [0.25, 0.3) is 0 Å². The van der Waals surface area contributed by atoms with Crippen molar-refractivity contribution in [2.45, 2.75) is 45.1 Å². The molecule has 2 rings (SSSR count). The van der Waals surface area contributed by atoms with Gasteiger partial charge in [0.2, 0.25) is 0 Å². The molecule has 2 N–H and O–H groups in total. The largest absolute Gasteiger partial charge is 0.481 e. The summed E-state index contributed by atoms with van der Waals surface area (Å²) < 4.78 is 0. The maximum Gasteiger partial charge on any atom is 0.317 e. The van der Waals surface area contributed by atoms with Crippen molar-refractivity contribution < 1.29 is 14.7 Å². The number of hydrogen-bond acceptors (Lipinski definition) is 2. The van der Waals surface area contributed by atoms with E-state index < -0.39 is 5.97 Å². The third-order valence-corrected chi connectivity index (χ3v) is 3.53. The molecule has 1 atom stereocenters. The zero-order valence-corrected chi connectivity index (χ0v) is 10.9. The summed E-state index contributed by atoms with van der Waals surface area (Å²) in [6, 6.07) is 0.419. The molecule has 18 heavy (non-hydrogen) atoms. The van der Waals surface area contributed by atoms with Gasteiger partial charge in [0, 0.05) is 25.6 Å². The van der Waals surface area contributed by atoms with Crippen LogP contribution in [0, 0.1) is 11.8 Å². The molecule has 0 spiro atoms. The summed E-state index contributed by atoms with van der Waals surface area (Å²) >= 11 is 0. The summed E-state index contributed by atoms with van der Waals surface area (Å²) in [7, 11) is 0. The van der Waals surface area contributed by atoms with E-state index in [-0.39, 0.29) is 18.4 Å². The van der Waals surface area contributed by atoms with Gasteiger partial charge in [-0.15, -0.1) is 0 Å². The minimum absolute atomic E-state index is 0.0124. The average Bonchev–Trinajstić information content (AvgIpc) is 3.13. The van der Waals surface area contributed by atoms with Crippen LogP contribution in [-0.2, 0) is 4.79 Å². The number of amides is 2. The van der Waals surface area contributed by atoms with Crippen molar-refractivity contribution >= 4 is 12.0 Å². The third-order valence-electron chi connectivity index (χ3n) is 3.53. The Morgan fingerprint density at radius 2 is 2.00 bits per heavy atom. The zero-order valence-electron chi connectivity index (χ0n) is 10.9. The van der Waals surface area contributed by atoms with Crippen molar-refractivity contribution in [2.75, 3.05) is 13.1 Å². The van der Waals surface area contributed by atoms with Gasteiger partial charge >= 0.3 is 12.0 Å². The molecule has 102 valence electrons. The summed E-state index contributed by atoms with van der Waals surface area (Å²) in [6.45, 7) is 3.17. The molecule has 0 aromatic heterocycles. The van der Waals surface area contributed by atoms with Crippen LogP contribution in [-0.4, -0.2) is 41.1 Å². The molecule has 0 saturated heterocycles. The number of nitrogens with zero attached hydrogens (tertiary/aromatic N) is 1. The van der Waals surface area contributed by atoms with E-state index in [9.17, 15) is 9.59 Å². The number of carbonyl (C=O) groups excluding carboxylic acids is 1. The quantitative estimate of drug-likeness (QED) is 0.726. The van der Waals surface area contributed by atoms with Gasteiger partial charge in [-0.25, -0.2) is 4.79 Å². The summed E-state index contributed by atoms with van der Waals surface area (Å²) in [6.07, 6.45) is 4.82. The smallest absolute Gasteiger partial charge is 0.317 e. The van der Waals surface area contributed by atoms with Crippen LogP contribution >= 0.6 is 0 Å². The van der Waals surface area contributed by atoms with E-state index in [0.717, 1.165) is 19.4 Å². The van der Waals surface area contributed by atoms with E-state index in [0.29, 0.717) is 18.5 Å². The molecule has 2 saturated carbocycles. The summed E-state index contributed by atoms with van der Waals surface area (Å²) in [5.41, 5.74) is 0. The van der Waals surface area contributed by atoms with Crippen LogP contribution in [0.5, 0.6) is 0 Å².